The molecule has 0 aliphatic heterocycles. The molecule has 0 saturated heterocycles. The summed E-state index contributed by atoms with van der Waals surface area (Å²) in [5, 5.41) is 10.0. The highest BCUT2D eigenvalue weighted by molar-refractivity contribution is 4.98. The molecule has 0 aromatic rings. The Hall–Kier alpha value is -0.120. The van der Waals surface area contributed by atoms with E-state index in [2.05, 4.69) is 4.90 Å². The number of hydrogen-bond acceptors (Lipinski definition) is 3. The summed E-state index contributed by atoms with van der Waals surface area (Å²) in [6.07, 6.45) is 4.27. The van der Waals surface area contributed by atoms with Crippen LogP contribution >= 0.6 is 0 Å². The molecule has 3 nitrogen and oxygen atoms in total. The minimum atomic E-state index is -0.352. The van der Waals surface area contributed by atoms with Crippen LogP contribution in [0, 0.1) is 0 Å². The fraction of sp³-hybridized carbons (Fsp3) is 1.00. The highest BCUT2D eigenvalue weighted by atomic mass is 16.5. The van der Waals surface area contributed by atoms with E-state index >= 15 is 0 Å². The van der Waals surface area contributed by atoms with Gasteiger partial charge in [-0.25, -0.2) is 0 Å². The lowest BCUT2D eigenvalue weighted by molar-refractivity contribution is -0.0445. The molecule has 0 heterocycles. The fourth-order valence-electron chi connectivity index (χ4n) is 2.38. The number of rotatable bonds is 4. The van der Waals surface area contributed by atoms with Crippen LogP contribution in [0.4, 0.5) is 0 Å². The predicted octanol–water partition coefficient (Wildman–Crippen LogP) is 0.868. The van der Waals surface area contributed by atoms with E-state index in [4.69, 9.17) is 4.74 Å². The molecule has 1 saturated carbocycles. The van der Waals surface area contributed by atoms with E-state index in [1.165, 1.54) is 12.8 Å². The maximum absolute atomic E-state index is 10.0. The van der Waals surface area contributed by atoms with Crippen molar-refractivity contribution in [2.45, 2.75) is 37.3 Å². The van der Waals surface area contributed by atoms with Gasteiger partial charge in [0.1, 0.15) is 0 Å². The number of aliphatic hydroxyl groups is 1. The van der Waals surface area contributed by atoms with Gasteiger partial charge in [-0.1, -0.05) is 12.8 Å². The van der Waals surface area contributed by atoms with Gasteiger partial charge in [0.2, 0.25) is 0 Å². The number of likely N-dealkylation sites (N-methyl/N-ethyl adjacent to an activating group) is 1. The molecular weight excluding hydrogens is 166 g/mol. The molecular formula is C10H21NO2. The third-order valence-electron chi connectivity index (χ3n) is 3.30. The molecule has 1 N–H and O–H groups in total. The minimum absolute atomic E-state index is 0.0317. The summed E-state index contributed by atoms with van der Waals surface area (Å²) in [6, 6.07) is 0. The molecule has 0 spiro atoms. The largest absolute Gasteiger partial charge is 0.389 e. The number of nitrogens with zero attached hydrogens (tertiary/aromatic N) is 1. The summed E-state index contributed by atoms with van der Waals surface area (Å²) in [5.41, 5.74) is -0.0317. The maximum Gasteiger partial charge on any atom is 0.0956 e. The lowest BCUT2D eigenvalue weighted by atomic mass is 9.89. The monoisotopic (exact) mass is 187 g/mol. The van der Waals surface area contributed by atoms with E-state index in [-0.39, 0.29) is 11.6 Å². The Labute approximate surface area is 80.7 Å². The molecule has 0 aromatic heterocycles. The molecule has 1 atom stereocenters. The van der Waals surface area contributed by atoms with Gasteiger partial charge in [0.15, 0.2) is 0 Å². The van der Waals surface area contributed by atoms with Gasteiger partial charge < -0.3 is 14.7 Å². The Balaban J connectivity index is 2.66. The van der Waals surface area contributed by atoms with Crippen molar-refractivity contribution < 1.29 is 9.84 Å². The van der Waals surface area contributed by atoms with Crippen molar-refractivity contribution in [3.05, 3.63) is 0 Å². The van der Waals surface area contributed by atoms with Crippen LogP contribution in [0.5, 0.6) is 0 Å². The first-order valence-corrected chi connectivity index (χ1v) is 4.98. The summed E-state index contributed by atoms with van der Waals surface area (Å²) in [5.74, 6) is 0. The standard InChI is InChI=1S/C10H21NO2/c1-11(2)10(6-4-5-7-10)9(12)8-13-3/h9,12H,4-8H2,1-3H3. The average Bonchev–Trinajstić information content (AvgIpc) is 2.53. The molecule has 1 rings (SSSR count). The van der Waals surface area contributed by atoms with E-state index in [0.29, 0.717) is 6.61 Å². The molecule has 13 heavy (non-hydrogen) atoms. The van der Waals surface area contributed by atoms with Gasteiger partial charge in [0.25, 0.3) is 0 Å². The van der Waals surface area contributed by atoms with E-state index in [0.717, 1.165) is 12.8 Å². The van der Waals surface area contributed by atoms with Crippen molar-refractivity contribution in [3.63, 3.8) is 0 Å². The van der Waals surface area contributed by atoms with E-state index in [1.807, 2.05) is 14.1 Å². The van der Waals surface area contributed by atoms with Crippen LogP contribution < -0.4 is 0 Å². The van der Waals surface area contributed by atoms with Crippen LogP contribution in [0.2, 0.25) is 0 Å². The number of aliphatic hydroxyl groups excluding tert-OH is 1. The minimum Gasteiger partial charge on any atom is -0.389 e. The Kier molecular flexibility index (Phi) is 3.71. The van der Waals surface area contributed by atoms with Crippen LogP contribution in [-0.4, -0.2) is 49.5 Å². The molecule has 1 unspecified atom stereocenters. The second kappa shape index (κ2) is 4.40. The zero-order valence-electron chi connectivity index (χ0n) is 8.92. The smallest absolute Gasteiger partial charge is 0.0956 e. The summed E-state index contributed by atoms with van der Waals surface area (Å²) in [4.78, 5) is 2.16. The highest BCUT2D eigenvalue weighted by Gasteiger charge is 2.42. The molecule has 0 radical (unpaired) electrons. The molecule has 0 amide bonds. The third-order valence-corrected chi connectivity index (χ3v) is 3.30. The summed E-state index contributed by atoms with van der Waals surface area (Å²) in [6.45, 7) is 0.443. The van der Waals surface area contributed by atoms with Gasteiger partial charge in [-0.15, -0.1) is 0 Å². The first kappa shape index (κ1) is 11.0. The SMILES string of the molecule is COCC(O)C1(N(C)C)CCCC1. The van der Waals surface area contributed by atoms with Crippen molar-refractivity contribution in [2.24, 2.45) is 0 Å². The topological polar surface area (TPSA) is 32.7 Å². The number of ether oxygens (including phenoxy) is 1. The normalized spacial score (nSPS) is 23.8. The summed E-state index contributed by atoms with van der Waals surface area (Å²) in [7, 11) is 5.73. The lowest BCUT2D eigenvalue weighted by Crippen LogP contribution is -2.53. The zero-order chi connectivity index (χ0) is 9.90. The molecule has 0 bridgehead atoms. The van der Waals surface area contributed by atoms with Crippen LogP contribution in [-0.2, 0) is 4.74 Å². The van der Waals surface area contributed by atoms with Gasteiger partial charge in [-0.05, 0) is 26.9 Å². The first-order valence-electron chi connectivity index (χ1n) is 4.98. The van der Waals surface area contributed by atoms with Crippen molar-refractivity contribution in [2.75, 3.05) is 27.8 Å². The molecule has 1 aliphatic rings. The first-order chi connectivity index (χ1) is 6.13. The molecule has 78 valence electrons. The van der Waals surface area contributed by atoms with Crippen molar-refractivity contribution >= 4 is 0 Å². The van der Waals surface area contributed by atoms with Crippen LogP contribution in [0.3, 0.4) is 0 Å². The number of methoxy groups -OCH3 is 1. The van der Waals surface area contributed by atoms with Gasteiger partial charge in [0.05, 0.1) is 12.7 Å². The van der Waals surface area contributed by atoms with E-state index < -0.39 is 0 Å². The van der Waals surface area contributed by atoms with Gasteiger partial charge in [0, 0.05) is 12.6 Å². The summed E-state index contributed by atoms with van der Waals surface area (Å²) >= 11 is 0. The quantitative estimate of drug-likeness (QED) is 0.709. The van der Waals surface area contributed by atoms with Gasteiger partial charge >= 0.3 is 0 Å². The highest BCUT2D eigenvalue weighted by Crippen LogP contribution is 2.36. The zero-order valence-corrected chi connectivity index (χ0v) is 8.92. The molecule has 3 heteroatoms. The Bertz CT molecular complexity index is 153. The van der Waals surface area contributed by atoms with Crippen LogP contribution in [0.1, 0.15) is 25.7 Å². The summed E-state index contributed by atoms with van der Waals surface area (Å²) < 4.78 is 5.01. The Morgan fingerprint density at radius 2 is 1.92 bits per heavy atom. The Morgan fingerprint density at radius 1 is 1.38 bits per heavy atom. The average molecular weight is 187 g/mol. The van der Waals surface area contributed by atoms with Crippen LogP contribution in [0.25, 0.3) is 0 Å². The maximum atomic E-state index is 10.0. The second-order valence-electron chi connectivity index (χ2n) is 4.18. The van der Waals surface area contributed by atoms with E-state index in [1.54, 1.807) is 7.11 Å². The second-order valence-corrected chi connectivity index (χ2v) is 4.18. The predicted molar refractivity (Wildman–Crippen MR) is 52.8 cm³/mol. The third kappa shape index (κ3) is 2.03. The lowest BCUT2D eigenvalue weighted by Gasteiger charge is -2.40. The fourth-order valence-corrected chi connectivity index (χ4v) is 2.38. The van der Waals surface area contributed by atoms with Crippen molar-refractivity contribution in [1.82, 2.24) is 4.90 Å². The van der Waals surface area contributed by atoms with Crippen LogP contribution in [0.15, 0.2) is 0 Å². The molecule has 1 fully saturated rings. The molecule has 1 aliphatic carbocycles. The van der Waals surface area contributed by atoms with Gasteiger partial charge in [-0.3, -0.25) is 0 Å². The Morgan fingerprint density at radius 3 is 2.31 bits per heavy atom. The molecule has 0 aromatic carbocycles. The van der Waals surface area contributed by atoms with E-state index in [9.17, 15) is 5.11 Å². The van der Waals surface area contributed by atoms with Crippen molar-refractivity contribution in [3.8, 4) is 0 Å². The van der Waals surface area contributed by atoms with Gasteiger partial charge in [-0.2, -0.15) is 0 Å². The van der Waals surface area contributed by atoms with Crippen molar-refractivity contribution in [1.29, 1.82) is 0 Å². The number of hydrogen-bond donors (Lipinski definition) is 1.